The third-order valence-corrected chi connectivity index (χ3v) is 8.68. The number of nitrogens with zero attached hydrogens (tertiary/aromatic N) is 4. The van der Waals surface area contributed by atoms with Crippen molar-refractivity contribution in [2.24, 2.45) is 7.05 Å². The van der Waals surface area contributed by atoms with Gasteiger partial charge in [0, 0.05) is 57.5 Å². The van der Waals surface area contributed by atoms with Crippen LogP contribution in [-0.4, -0.2) is 19.1 Å². The van der Waals surface area contributed by atoms with E-state index in [0.717, 1.165) is 72.7 Å². The molecule has 5 heterocycles. The molecule has 0 saturated heterocycles. The number of hydrogen-bond acceptors (Lipinski definition) is 4. The lowest BCUT2D eigenvalue weighted by atomic mass is 10.0. The molecule has 4 aromatic carbocycles. The van der Waals surface area contributed by atoms with Gasteiger partial charge in [0.2, 0.25) is 0 Å². The fraction of sp³-hybridized carbons (Fsp3) is 0.0256. The third-order valence-electron chi connectivity index (χ3n) is 8.68. The van der Waals surface area contributed by atoms with E-state index in [0.29, 0.717) is 0 Å². The van der Waals surface area contributed by atoms with E-state index in [2.05, 4.69) is 107 Å². The molecule has 0 spiro atoms. The normalized spacial score (nSPS) is 11.7. The number of imidazole rings is 1. The quantitative estimate of drug-likeness (QED) is 0.203. The van der Waals surface area contributed by atoms with Gasteiger partial charge < -0.3 is 18.0 Å². The number of aryl methyl sites for hydroxylation is 1. The minimum atomic E-state index is 0.910. The molecule has 9 aromatic rings. The van der Waals surface area contributed by atoms with Crippen molar-refractivity contribution in [1.82, 2.24) is 19.1 Å². The highest BCUT2D eigenvalue weighted by atomic mass is 16.3. The van der Waals surface area contributed by atoms with Gasteiger partial charge in [-0.2, -0.15) is 0 Å². The summed E-state index contributed by atoms with van der Waals surface area (Å²) in [6.07, 6.45) is 8.82. The summed E-state index contributed by atoms with van der Waals surface area (Å²) in [6, 6.07) is 38.2. The van der Waals surface area contributed by atoms with Gasteiger partial charge in [-0.05, 0) is 66.2 Å². The van der Waals surface area contributed by atoms with Crippen molar-refractivity contribution in [2.75, 3.05) is 0 Å². The van der Waals surface area contributed by atoms with Crippen LogP contribution in [0.15, 0.2) is 149 Å². The second-order valence-corrected chi connectivity index (χ2v) is 11.3. The Morgan fingerprint density at radius 2 is 1.36 bits per heavy atom. The Morgan fingerprint density at radius 1 is 0.556 bits per heavy atom. The molecule has 0 amide bonds. The average Bonchev–Trinajstić information content (AvgIpc) is 3.91. The topological polar surface area (TPSA) is 61.9 Å². The van der Waals surface area contributed by atoms with E-state index in [4.69, 9.17) is 18.8 Å². The maximum Gasteiger partial charge on any atom is 0.140 e. The van der Waals surface area contributed by atoms with Crippen LogP contribution in [-0.2, 0) is 7.05 Å². The Kier molecular flexibility index (Phi) is 5.62. The van der Waals surface area contributed by atoms with Gasteiger partial charge >= 0.3 is 0 Å². The fourth-order valence-electron chi connectivity index (χ4n) is 6.42. The number of furan rings is 2. The molecule has 0 saturated carbocycles. The van der Waals surface area contributed by atoms with Crippen molar-refractivity contribution in [3.05, 3.63) is 140 Å². The summed E-state index contributed by atoms with van der Waals surface area (Å²) in [5.74, 6) is 0.935. The Bertz CT molecular complexity index is 2480. The molecule has 0 fully saturated rings. The maximum absolute atomic E-state index is 5.40. The van der Waals surface area contributed by atoms with Gasteiger partial charge in [0.15, 0.2) is 0 Å². The van der Waals surface area contributed by atoms with Gasteiger partial charge in [-0.15, -0.1) is 0 Å². The Labute approximate surface area is 258 Å². The first kappa shape index (κ1) is 25.4. The maximum atomic E-state index is 5.40. The Morgan fingerprint density at radius 3 is 2.13 bits per heavy atom. The minimum Gasteiger partial charge on any atom is -0.472 e. The van der Waals surface area contributed by atoms with E-state index in [1.54, 1.807) is 25.1 Å². The smallest absolute Gasteiger partial charge is 0.140 e. The second-order valence-electron chi connectivity index (χ2n) is 11.3. The van der Waals surface area contributed by atoms with Crippen molar-refractivity contribution in [2.45, 2.75) is 0 Å². The van der Waals surface area contributed by atoms with Gasteiger partial charge in [-0.3, -0.25) is 4.98 Å². The van der Waals surface area contributed by atoms with Crippen LogP contribution in [0.5, 0.6) is 0 Å². The standard InChI is InChI=1S/C39H26N4O2/c1-42-37-8-3-2-7-35(37)41-39(42)27-9-12-32-33-20-25(29-15-17-44-23-29)11-14-36(33)43(38(32)21-27)31-6-4-5-26(19-31)34-13-10-28(22-40-34)30-16-18-45-24-30/h2-24H,1H3. The van der Waals surface area contributed by atoms with E-state index in [9.17, 15) is 0 Å². The van der Waals surface area contributed by atoms with E-state index in [-0.39, 0.29) is 0 Å². The Hall–Kier alpha value is -6.14. The highest BCUT2D eigenvalue weighted by Crippen LogP contribution is 2.38. The fourth-order valence-corrected chi connectivity index (χ4v) is 6.42. The van der Waals surface area contributed by atoms with Gasteiger partial charge in [0.05, 0.1) is 52.8 Å². The summed E-state index contributed by atoms with van der Waals surface area (Å²) in [5.41, 5.74) is 12.6. The zero-order chi connectivity index (χ0) is 29.9. The summed E-state index contributed by atoms with van der Waals surface area (Å²) >= 11 is 0. The number of hydrogen-bond donors (Lipinski definition) is 0. The van der Waals surface area contributed by atoms with Crippen LogP contribution in [0.1, 0.15) is 0 Å². The van der Waals surface area contributed by atoms with Crippen molar-refractivity contribution in [3.63, 3.8) is 0 Å². The van der Waals surface area contributed by atoms with Crippen LogP contribution in [0.2, 0.25) is 0 Å². The Balaban J connectivity index is 1.24. The number of fused-ring (bicyclic) bond motifs is 4. The summed E-state index contributed by atoms with van der Waals surface area (Å²) in [7, 11) is 2.08. The predicted molar refractivity (Wildman–Crippen MR) is 179 cm³/mol. The lowest BCUT2D eigenvalue weighted by Gasteiger charge is -2.11. The molecule has 0 unspecified atom stereocenters. The molecular formula is C39H26N4O2. The molecule has 9 rings (SSSR count). The van der Waals surface area contributed by atoms with Crippen LogP contribution in [0.25, 0.3) is 83.4 Å². The first-order chi connectivity index (χ1) is 22.2. The van der Waals surface area contributed by atoms with Crippen molar-refractivity contribution in [1.29, 1.82) is 0 Å². The van der Waals surface area contributed by atoms with E-state index in [1.165, 1.54) is 10.8 Å². The number of benzene rings is 4. The molecular weight excluding hydrogens is 556 g/mol. The molecule has 0 bridgehead atoms. The van der Waals surface area contributed by atoms with Crippen LogP contribution in [0.3, 0.4) is 0 Å². The van der Waals surface area contributed by atoms with Gasteiger partial charge in [-0.1, -0.05) is 48.5 Å². The minimum absolute atomic E-state index is 0.910. The molecule has 6 nitrogen and oxygen atoms in total. The van der Waals surface area contributed by atoms with E-state index >= 15 is 0 Å². The molecule has 0 aliphatic heterocycles. The lowest BCUT2D eigenvalue weighted by Crippen LogP contribution is -1.96. The van der Waals surface area contributed by atoms with Crippen molar-refractivity contribution in [3.8, 4) is 50.6 Å². The summed E-state index contributed by atoms with van der Waals surface area (Å²) in [5, 5.41) is 2.35. The molecule has 0 radical (unpaired) electrons. The number of pyridine rings is 1. The first-order valence-corrected chi connectivity index (χ1v) is 14.8. The SMILES string of the molecule is Cn1c(-c2ccc3c4cc(-c5ccoc5)ccc4n(-c4cccc(-c5ccc(-c6ccoc6)cn5)c4)c3c2)nc2ccccc21. The molecule has 6 heteroatoms. The monoisotopic (exact) mass is 582 g/mol. The molecule has 5 aromatic heterocycles. The summed E-state index contributed by atoms with van der Waals surface area (Å²) < 4.78 is 15.2. The second kappa shape index (κ2) is 9.96. The predicted octanol–water partition coefficient (Wildman–Crippen LogP) is 9.92. The third kappa shape index (κ3) is 4.11. The average molecular weight is 583 g/mol. The van der Waals surface area contributed by atoms with E-state index < -0.39 is 0 Å². The van der Waals surface area contributed by atoms with Crippen LogP contribution in [0, 0.1) is 0 Å². The van der Waals surface area contributed by atoms with Gasteiger partial charge in [0.1, 0.15) is 5.82 Å². The largest absolute Gasteiger partial charge is 0.472 e. The van der Waals surface area contributed by atoms with Crippen LogP contribution < -0.4 is 0 Å². The lowest BCUT2D eigenvalue weighted by molar-refractivity contribution is 0.568. The molecule has 0 aliphatic rings. The summed E-state index contributed by atoms with van der Waals surface area (Å²) in [6.45, 7) is 0. The number of aromatic nitrogens is 4. The molecule has 0 atom stereocenters. The van der Waals surface area contributed by atoms with Gasteiger partial charge in [-0.25, -0.2) is 4.98 Å². The zero-order valence-corrected chi connectivity index (χ0v) is 24.4. The molecule has 45 heavy (non-hydrogen) atoms. The summed E-state index contributed by atoms with van der Waals surface area (Å²) in [4.78, 5) is 9.81. The molecule has 0 aliphatic carbocycles. The van der Waals surface area contributed by atoms with Crippen LogP contribution in [0.4, 0.5) is 0 Å². The van der Waals surface area contributed by atoms with Crippen LogP contribution >= 0.6 is 0 Å². The van der Waals surface area contributed by atoms with Crippen molar-refractivity contribution >= 4 is 32.8 Å². The van der Waals surface area contributed by atoms with Gasteiger partial charge in [0.25, 0.3) is 0 Å². The van der Waals surface area contributed by atoms with Crippen molar-refractivity contribution < 1.29 is 8.83 Å². The highest BCUT2D eigenvalue weighted by Gasteiger charge is 2.17. The number of para-hydroxylation sites is 2. The molecule has 214 valence electrons. The number of rotatable bonds is 5. The zero-order valence-electron chi connectivity index (χ0n) is 24.4. The highest BCUT2D eigenvalue weighted by molar-refractivity contribution is 6.11. The molecule has 0 N–H and O–H groups in total. The first-order valence-electron chi connectivity index (χ1n) is 14.8. The van der Waals surface area contributed by atoms with E-state index in [1.807, 2.05) is 24.4 Å².